The highest BCUT2D eigenvalue weighted by atomic mass is 14.3. The number of hydrogen-bond donors (Lipinski definition) is 0. The molecule has 0 N–H and O–H groups in total. The van der Waals surface area contributed by atoms with Gasteiger partial charge in [0.25, 0.3) is 0 Å². The summed E-state index contributed by atoms with van der Waals surface area (Å²) in [5.41, 5.74) is 8.26. The van der Waals surface area contributed by atoms with Gasteiger partial charge in [0.1, 0.15) is 0 Å². The van der Waals surface area contributed by atoms with Crippen LogP contribution >= 0.6 is 0 Å². The number of benzene rings is 10. The number of fused-ring (bicyclic) bond motifs is 8. The lowest BCUT2D eigenvalue weighted by molar-refractivity contribution is 0.591. The summed E-state index contributed by atoms with van der Waals surface area (Å²) in [5.74, 6) is 0. The van der Waals surface area contributed by atoms with Crippen molar-refractivity contribution >= 4 is 86.2 Å². The number of rotatable bonds is 1. The Morgan fingerprint density at radius 1 is 0.241 bits per heavy atom. The first-order valence-electron chi connectivity index (χ1n) is 21.3. The minimum atomic E-state index is -0.00449. The van der Waals surface area contributed by atoms with Crippen molar-refractivity contribution in [3.8, 4) is 11.1 Å². The highest BCUT2D eigenvalue weighted by molar-refractivity contribution is 6.45. The summed E-state index contributed by atoms with van der Waals surface area (Å²) in [7, 11) is 0. The van der Waals surface area contributed by atoms with Gasteiger partial charge in [0.15, 0.2) is 0 Å². The minimum absolute atomic E-state index is 0.00449. The molecule has 0 saturated carbocycles. The van der Waals surface area contributed by atoms with Crippen molar-refractivity contribution in [1.29, 1.82) is 0 Å². The highest BCUT2D eigenvalue weighted by Crippen LogP contribution is 2.52. The monoisotopic (exact) mass is 752 g/mol. The Morgan fingerprint density at radius 2 is 0.638 bits per heavy atom. The summed E-state index contributed by atoms with van der Waals surface area (Å²) >= 11 is 0. The van der Waals surface area contributed by atoms with Gasteiger partial charge >= 0.3 is 0 Å². The summed E-state index contributed by atoms with van der Waals surface area (Å²) in [4.78, 5) is 0. The first-order valence-corrected chi connectivity index (χ1v) is 21.3. The van der Waals surface area contributed by atoms with Gasteiger partial charge in [0, 0.05) is 0 Å². The van der Waals surface area contributed by atoms with Crippen LogP contribution < -0.4 is 0 Å². The molecular weight excluding hydrogens is 697 g/mol. The van der Waals surface area contributed by atoms with E-state index < -0.39 is 0 Å². The lowest BCUT2D eigenvalue weighted by Gasteiger charge is -2.26. The summed E-state index contributed by atoms with van der Waals surface area (Å²) in [6.45, 7) is 28.0. The van der Waals surface area contributed by atoms with Gasteiger partial charge in [-0.05, 0) is 159 Å². The average Bonchev–Trinajstić information content (AvgIpc) is 3.16. The van der Waals surface area contributed by atoms with Crippen molar-refractivity contribution in [3.63, 3.8) is 0 Å². The van der Waals surface area contributed by atoms with Crippen LogP contribution in [0.3, 0.4) is 0 Å². The molecule has 58 heavy (non-hydrogen) atoms. The van der Waals surface area contributed by atoms with Gasteiger partial charge in [0.05, 0.1) is 0 Å². The summed E-state index contributed by atoms with van der Waals surface area (Å²) in [5, 5.41) is 21.3. The van der Waals surface area contributed by atoms with Crippen LogP contribution in [0.4, 0.5) is 0 Å². The lowest BCUT2D eigenvalue weighted by atomic mass is 9.77. The molecule has 0 saturated heterocycles. The quantitative estimate of drug-likeness (QED) is 0.116. The Labute approximate surface area is 344 Å². The van der Waals surface area contributed by atoms with E-state index in [2.05, 4.69) is 204 Å². The molecule has 0 atom stereocenters. The van der Waals surface area contributed by atoms with Crippen LogP contribution in [0.2, 0.25) is 0 Å². The molecule has 0 heterocycles. The molecule has 0 aromatic heterocycles. The van der Waals surface area contributed by atoms with Gasteiger partial charge in [-0.1, -0.05) is 186 Å². The van der Waals surface area contributed by atoms with Crippen LogP contribution in [-0.2, 0) is 21.7 Å². The maximum absolute atomic E-state index is 2.52. The molecule has 0 nitrogen and oxygen atoms in total. The lowest BCUT2D eigenvalue weighted by Crippen LogP contribution is -2.11. The van der Waals surface area contributed by atoms with E-state index in [9.17, 15) is 0 Å². The van der Waals surface area contributed by atoms with Crippen molar-refractivity contribution in [1.82, 2.24) is 0 Å². The van der Waals surface area contributed by atoms with Crippen LogP contribution in [0.15, 0.2) is 121 Å². The zero-order valence-electron chi connectivity index (χ0n) is 36.5. The standard InChI is InChI=1S/C58H56/c1-55(2,3)37-20-23-41-33(28-37)26-34-29-38(56(4,5)6)21-24-42(34)50(41)51-44-16-13-14-17-45(44)54-52-46(18-15-19-47(51)52)48-32-40(58(10,11)12)31-36-27-35-30-39(57(7,8)9)22-25-43(35)53(54)49(36)48/h13-32H,1-12H3. The summed E-state index contributed by atoms with van der Waals surface area (Å²) < 4.78 is 0. The van der Waals surface area contributed by atoms with Gasteiger partial charge in [-0.15, -0.1) is 0 Å². The fourth-order valence-electron chi connectivity index (χ4n) is 9.96. The summed E-state index contributed by atoms with van der Waals surface area (Å²) in [6, 6.07) is 48.1. The molecule has 0 bridgehead atoms. The second-order valence-electron chi connectivity index (χ2n) is 21.5. The highest BCUT2D eigenvalue weighted by Gasteiger charge is 2.27. The van der Waals surface area contributed by atoms with Crippen LogP contribution in [-0.4, -0.2) is 0 Å². The van der Waals surface area contributed by atoms with Crippen molar-refractivity contribution in [2.24, 2.45) is 0 Å². The van der Waals surface area contributed by atoms with E-state index in [-0.39, 0.29) is 21.7 Å². The second kappa shape index (κ2) is 12.0. The molecule has 0 heteroatoms. The van der Waals surface area contributed by atoms with Crippen molar-refractivity contribution in [3.05, 3.63) is 144 Å². The van der Waals surface area contributed by atoms with E-state index in [1.807, 2.05) is 0 Å². The maximum atomic E-state index is 2.52. The molecule has 0 radical (unpaired) electrons. The first kappa shape index (κ1) is 36.9. The van der Waals surface area contributed by atoms with Gasteiger partial charge in [-0.2, -0.15) is 0 Å². The molecule has 0 aliphatic heterocycles. The van der Waals surface area contributed by atoms with E-state index in [1.54, 1.807) is 0 Å². The Kier molecular flexibility index (Phi) is 7.65. The maximum Gasteiger partial charge on any atom is -0.000741 e. The van der Waals surface area contributed by atoms with Crippen LogP contribution in [0.5, 0.6) is 0 Å². The topological polar surface area (TPSA) is 0 Å². The third-order valence-corrected chi connectivity index (χ3v) is 13.3. The van der Waals surface area contributed by atoms with E-state index in [0.717, 1.165) is 0 Å². The molecular formula is C58H56. The van der Waals surface area contributed by atoms with E-state index in [4.69, 9.17) is 0 Å². The van der Waals surface area contributed by atoms with Crippen molar-refractivity contribution in [2.45, 2.75) is 105 Å². The fraction of sp³-hybridized carbons (Fsp3) is 0.276. The first-order chi connectivity index (χ1) is 27.3. The van der Waals surface area contributed by atoms with Crippen LogP contribution in [0, 0.1) is 0 Å². The molecule has 0 amide bonds. The Bertz CT molecular complexity index is 3270. The largest absolute Gasteiger partial charge is 0.0616 e. The predicted octanol–water partition coefficient (Wildman–Crippen LogP) is 17.2. The molecule has 0 fully saturated rings. The van der Waals surface area contributed by atoms with Gasteiger partial charge in [-0.3, -0.25) is 0 Å². The van der Waals surface area contributed by atoms with Gasteiger partial charge in [0.2, 0.25) is 0 Å². The van der Waals surface area contributed by atoms with Gasteiger partial charge in [-0.25, -0.2) is 0 Å². The zero-order valence-corrected chi connectivity index (χ0v) is 36.5. The average molecular weight is 753 g/mol. The second-order valence-corrected chi connectivity index (χ2v) is 21.5. The summed E-state index contributed by atoms with van der Waals surface area (Å²) in [6.07, 6.45) is 0. The van der Waals surface area contributed by atoms with Crippen LogP contribution in [0.1, 0.15) is 105 Å². The molecule has 10 aromatic rings. The van der Waals surface area contributed by atoms with E-state index >= 15 is 0 Å². The van der Waals surface area contributed by atoms with E-state index in [1.165, 1.54) is 120 Å². The Hall–Kier alpha value is -5.46. The third kappa shape index (κ3) is 5.47. The van der Waals surface area contributed by atoms with Gasteiger partial charge < -0.3 is 0 Å². The number of hydrogen-bond acceptors (Lipinski definition) is 0. The Balaban J connectivity index is 1.47. The predicted molar refractivity (Wildman–Crippen MR) is 258 cm³/mol. The van der Waals surface area contributed by atoms with E-state index in [0.29, 0.717) is 0 Å². The smallest absolute Gasteiger partial charge is 0.000741 e. The third-order valence-electron chi connectivity index (χ3n) is 13.3. The minimum Gasteiger partial charge on any atom is -0.0616 e. The molecule has 288 valence electrons. The Morgan fingerprint density at radius 3 is 1.19 bits per heavy atom. The van der Waals surface area contributed by atoms with Crippen molar-refractivity contribution < 1.29 is 0 Å². The molecule has 0 aliphatic carbocycles. The molecule has 0 aliphatic rings. The molecule has 0 spiro atoms. The molecule has 10 rings (SSSR count). The normalized spacial score (nSPS) is 13.5. The fourth-order valence-corrected chi connectivity index (χ4v) is 9.96. The SMILES string of the molecule is CC(C)(C)c1ccc2c(-c3c4ccccc4c4c5c3cccc5c3cc(C(C)(C)C)cc5cc6cc(C(C)(C)C)ccc6c4c53)c3ccc(C(C)(C)C)cc3cc2c1. The van der Waals surface area contributed by atoms with Crippen LogP contribution in [0.25, 0.3) is 97.3 Å². The molecule has 10 aromatic carbocycles. The zero-order chi connectivity index (χ0) is 40.8. The van der Waals surface area contributed by atoms with Crippen molar-refractivity contribution in [2.75, 3.05) is 0 Å². The molecule has 0 unspecified atom stereocenters.